The first-order valence-corrected chi connectivity index (χ1v) is 8.24. The number of benzene rings is 1. The molecule has 23 heavy (non-hydrogen) atoms. The number of carbonyl (C=O) groups is 1. The van der Waals surface area contributed by atoms with E-state index in [-0.39, 0.29) is 12.1 Å². The second kappa shape index (κ2) is 7.01. The number of rotatable bonds is 5. The van der Waals surface area contributed by atoms with Gasteiger partial charge < -0.3 is 5.32 Å². The predicted octanol–water partition coefficient (Wildman–Crippen LogP) is 2.66. The van der Waals surface area contributed by atoms with Crippen molar-refractivity contribution in [1.82, 2.24) is 10.3 Å². The number of nitrogens with zero attached hydrogens (tertiary/aromatic N) is 1. The summed E-state index contributed by atoms with van der Waals surface area (Å²) in [7, 11) is -4.66. The number of aromatic nitrogens is 1. The van der Waals surface area contributed by atoms with Gasteiger partial charge in [0.2, 0.25) is 9.84 Å². The first kappa shape index (κ1) is 17.3. The topological polar surface area (TPSA) is 76.1 Å². The monoisotopic (exact) mass is 360 g/mol. The van der Waals surface area contributed by atoms with Crippen LogP contribution in [0.3, 0.4) is 0 Å². The van der Waals surface area contributed by atoms with Crippen molar-refractivity contribution in [3.8, 4) is 0 Å². The average molecular weight is 361 g/mol. The van der Waals surface area contributed by atoms with E-state index in [4.69, 9.17) is 11.6 Å². The van der Waals surface area contributed by atoms with Crippen molar-refractivity contribution in [3.05, 3.63) is 58.9 Å². The second-order valence-electron chi connectivity index (χ2n) is 4.50. The highest BCUT2D eigenvalue weighted by atomic mass is 35.5. The molecule has 0 aliphatic rings. The Morgan fingerprint density at radius 1 is 1.17 bits per heavy atom. The fourth-order valence-corrected chi connectivity index (χ4v) is 2.53. The lowest BCUT2D eigenvalue weighted by Gasteiger charge is -2.07. The van der Waals surface area contributed by atoms with Crippen LogP contribution in [0.25, 0.3) is 0 Å². The van der Waals surface area contributed by atoms with Gasteiger partial charge in [-0.25, -0.2) is 13.4 Å². The lowest BCUT2D eigenvalue weighted by atomic mass is 10.2. The molecule has 1 aromatic heterocycles. The molecule has 0 saturated carbocycles. The molecule has 0 unspecified atom stereocenters. The van der Waals surface area contributed by atoms with Crippen LogP contribution >= 0.6 is 11.6 Å². The van der Waals surface area contributed by atoms with Crippen LogP contribution in [0.4, 0.5) is 8.78 Å². The standard InChI is InChI=1S/C14H11ClF2N2O3S/c15-12-6-1-9(7-18-12)8-19-13(20)10-2-4-11(5-3-10)23(21,22)14(16)17/h1-7,14H,8H2,(H,19,20). The van der Waals surface area contributed by atoms with Gasteiger partial charge in [0.25, 0.3) is 5.91 Å². The molecule has 0 atom stereocenters. The minimum absolute atomic E-state index is 0.153. The van der Waals surface area contributed by atoms with E-state index in [2.05, 4.69) is 10.3 Å². The van der Waals surface area contributed by atoms with Gasteiger partial charge >= 0.3 is 5.76 Å². The van der Waals surface area contributed by atoms with Gasteiger partial charge in [-0.3, -0.25) is 4.79 Å². The molecule has 0 radical (unpaired) electrons. The van der Waals surface area contributed by atoms with Gasteiger partial charge in [0.15, 0.2) is 0 Å². The maximum absolute atomic E-state index is 12.4. The molecule has 9 heteroatoms. The Kier molecular flexibility index (Phi) is 5.27. The first-order chi connectivity index (χ1) is 10.8. The summed E-state index contributed by atoms with van der Waals surface area (Å²) in [5, 5.41) is 2.93. The molecule has 2 rings (SSSR count). The van der Waals surface area contributed by atoms with Gasteiger partial charge in [0, 0.05) is 18.3 Å². The largest absolute Gasteiger partial charge is 0.348 e. The van der Waals surface area contributed by atoms with Crippen molar-refractivity contribution >= 4 is 27.3 Å². The number of hydrogen-bond acceptors (Lipinski definition) is 4. The third-order valence-electron chi connectivity index (χ3n) is 2.92. The molecule has 1 amide bonds. The molecule has 0 aliphatic carbocycles. The zero-order chi connectivity index (χ0) is 17.0. The highest BCUT2D eigenvalue weighted by Gasteiger charge is 2.26. The van der Waals surface area contributed by atoms with E-state index in [0.29, 0.717) is 5.15 Å². The first-order valence-electron chi connectivity index (χ1n) is 6.31. The van der Waals surface area contributed by atoms with Gasteiger partial charge in [-0.05, 0) is 35.9 Å². The molecule has 0 bridgehead atoms. The SMILES string of the molecule is O=C(NCc1ccc(Cl)nc1)c1ccc(S(=O)(=O)C(F)F)cc1. The van der Waals surface area contributed by atoms with E-state index in [0.717, 1.165) is 17.7 Å². The molecule has 1 aromatic carbocycles. The molecule has 1 heterocycles. The van der Waals surface area contributed by atoms with Crippen molar-refractivity contribution in [2.45, 2.75) is 17.2 Å². The number of amides is 1. The smallest absolute Gasteiger partial charge is 0.341 e. The predicted molar refractivity (Wildman–Crippen MR) is 80.0 cm³/mol. The fourth-order valence-electron chi connectivity index (χ4n) is 1.69. The number of carbonyl (C=O) groups excluding carboxylic acids is 1. The van der Waals surface area contributed by atoms with Gasteiger partial charge in [-0.1, -0.05) is 17.7 Å². The molecule has 122 valence electrons. The molecule has 0 aliphatic heterocycles. The Labute approximate surface area is 136 Å². The van der Waals surface area contributed by atoms with Crippen molar-refractivity contribution < 1.29 is 22.0 Å². The summed E-state index contributed by atoms with van der Waals surface area (Å²) < 4.78 is 47.4. The zero-order valence-corrected chi connectivity index (χ0v) is 13.1. The van der Waals surface area contributed by atoms with Gasteiger partial charge in [0.05, 0.1) is 4.90 Å². The quantitative estimate of drug-likeness (QED) is 0.832. The van der Waals surface area contributed by atoms with Gasteiger partial charge in [0.1, 0.15) is 5.15 Å². The molecule has 0 saturated heterocycles. The fraction of sp³-hybridized carbons (Fsp3) is 0.143. The molecule has 5 nitrogen and oxygen atoms in total. The van der Waals surface area contributed by atoms with E-state index in [1.165, 1.54) is 18.3 Å². The van der Waals surface area contributed by atoms with Crippen molar-refractivity contribution in [1.29, 1.82) is 0 Å². The summed E-state index contributed by atoms with van der Waals surface area (Å²) in [6.45, 7) is 0.195. The third kappa shape index (κ3) is 4.23. The molecular formula is C14H11ClF2N2O3S. The maximum atomic E-state index is 12.4. The third-order valence-corrected chi connectivity index (χ3v) is 4.54. The Bertz CT molecular complexity index is 794. The Morgan fingerprint density at radius 2 is 1.83 bits per heavy atom. The summed E-state index contributed by atoms with van der Waals surface area (Å²) >= 11 is 5.64. The summed E-state index contributed by atoms with van der Waals surface area (Å²) in [4.78, 5) is 15.2. The van der Waals surface area contributed by atoms with Crippen LogP contribution in [0.15, 0.2) is 47.5 Å². The second-order valence-corrected chi connectivity index (χ2v) is 6.81. The highest BCUT2D eigenvalue weighted by Crippen LogP contribution is 2.18. The van der Waals surface area contributed by atoms with E-state index >= 15 is 0 Å². The number of sulfone groups is 1. The van der Waals surface area contributed by atoms with Crippen LogP contribution in [0, 0.1) is 0 Å². The highest BCUT2D eigenvalue weighted by molar-refractivity contribution is 7.91. The zero-order valence-electron chi connectivity index (χ0n) is 11.5. The van der Waals surface area contributed by atoms with Gasteiger partial charge in [-0.2, -0.15) is 8.78 Å². The van der Waals surface area contributed by atoms with Crippen LogP contribution in [0.1, 0.15) is 15.9 Å². The Hall–Kier alpha value is -2.06. The minimum Gasteiger partial charge on any atom is -0.348 e. The van der Waals surface area contributed by atoms with Crippen molar-refractivity contribution in [2.75, 3.05) is 0 Å². The average Bonchev–Trinajstić information content (AvgIpc) is 2.54. The Morgan fingerprint density at radius 3 is 2.35 bits per heavy atom. The van der Waals surface area contributed by atoms with Crippen LogP contribution < -0.4 is 5.32 Å². The normalized spacial score (nSPS) is 11.5. The van der Waals surface area contributed by atoms with Gasteiger partial charge in [-0.15, -0.1) is 0 Å². The van der Waals surface area contributed by atoms with E-state index < -0.39 is 26.4 Å². The minimum atomic E-state index is -4.66. The van der Waals surface area contributed by atoms with Crippen LogP contribution in [0.2, 0.25) is 5.15 Å². The van der Waals surface area contributed by atoms with E-state index in [1.54, 1.807) is 12.1 Å². The maximum Gasteiger partial charge on any atom is 0.341 e. The van der Waals surface area contributed by atoms with Crippen LogP contribution in [-0.4, -0.2) is 25.1 Å². The van der Waals surface area contributed by atoms with Crippen LogP contribution in [-0.2, 0) is 16.4 Å². The molecule has 0 spiro atoms. The van der Waals surface area contributed by atoms with E-state index in [1.807, 2.05) is 0 Å². The lowest BCUT2D eigenvalue weighted by Crippen LogP contribution is -2.23. The molecule has 2 aromatic rings. The molecule has 1 N–H and O–H groups in total. The van der Waals surface area contributed by atoms with Crippen molar-refractivity contribution in [2.24, 2.45) is 0 Å². The molecular weight excluding hydrogens is 350 g/mol. The summed E-state index contributed by atoms with van der Waals surface area (Å²) in [5.41, 5.74) is 0.875. The lowest BCUT2D eigenvalue weighted by molar-refractivity contribution is 0.0951. The van der Waals surface area contributed by atoms with Crippen LogP contribution in [0.5, 0.6) is 0 Å². The number of alkyl halides is 2. The Balaban J connectivity index is 2.04. The summed E-state index contributed by atoms with van der Waals surface area (Å²) in [5.74, 6) is -3.97. The molecule has 0 fully saturated rings. The number of nitrogens with one attached hydrogen (secondary N) is 1. The number of pyridine rings is 1. The summed E-state index contributed by atoms with van der Waals surface area (Å²) in [6.07, 6.45) is 1.50. The number of hydrogen-bond donors (Lipinski definition) is 1. The van der Waals surface area contributed by atoms with Crippen molar-refractivity contribution in [3.63, 3.8) is 0 Å². The van der Waals surface area contributed by atoms with E-state index in [9.17, 15) is 22.0 Å². The summed E-state index contributed by atoms with van der Waals surface area (Å²) in [6, 6.07) is 7.55. The number of halogens is 3.